The number of carbonyl (C=O) groups is 3. The minimum absolute atomic E-state index is 0.0360. The van der Waals surface area contributed by atoms with Crippen LogP contribution in [-0.4, -0.2) is 36.8 Å². The summed E-state index contributed by atoms with van der Waals surface area (Å²) in [7, 11) is 1.28. The number of carbonyl (C=O) groups excluding carboxylic acids is 3. The molecular formula is C39H37NO10. The topological polar surface area (TPSA) is 140 Å². The Bertz CT molecular complexity index is 2030. The van der Waals surface area contributed by atoms with Crippen molar-refractivity contribution in [3.05, 3.63) is 130 Å². The lowest BCUT2D eigenvalue weighted by Gasteiger charge is -2.23. The van der Waals surface area contributed by atoms with E-state index < -0.39 is 35.1 Å². The van der Waals surface area contributed by atoms with Crippen molar-refractivity contribution in [3.8, 4) is 23.0 Å². The Hall–Kier alpha value is -6.10. The summed E-state index contributed by atoms with van der Waals surface area (Å²) in [5.41, 5.74) is 1.02. The van der Waals surface area contributed by atoms with Crippen LogP contribution in [0.5, 0.6) is 23.0 Å². The third-order valence-electron chi connectivity index (χ3n) is 7.29. The molecule has 0 saturated heterocycles. The molecule has 0 radical (unpaired) electrons. The zero-order chi connectivity index (χ0) is 35.8. The zero-order valence-corrected chi connectivity index (χ0v) is 28.3. The average Bonchev–Trinajstić information content (AvgIpc) is 3.09. The van der Waals surface area contributed by atoms with Crippen LogP contribution in [0.4, 0.5) is 4.79 Å². The van der Waals surface area contributed by atoms with E-state index in [1.807, 2.05) is 30.3 Å². The van der Waals surface area contributed by atoms with Gasteiger partial charge in [0.2, 0.25) is 11.2 Å². The van der Waals surface area contributed by atoms with Gasteiger partial charge in [0.05, 0.1) is 18.1 Å². The molecule has 0 aliphatic carbocycles. The van der Waals surface area contributed by atoms with Gasteiger partial charge < -0.3 is 33.4 Å². The summed E-state index contributed by atoms with van der Waals surface area (Å²) < 4.78 is 33.4. The number of esters is 2. The van der Waals surface area contributed by atoms with Gasteiger partial charge in [-0.3, -0.25) is 4.79 Å². The number of rotatable bonds is 11. The largest absolute Gasteiger partial charge is 0.489 e. The van der Waals surface area contributed by atoms with Gasteiger partial charge in [0.15, 0.2) is 0 Å². The molecule has 0 aliphatic heterocycles. The van der Waals surface area contributed by atoms with E-state index in [0.29, 0.717) is 23.7 Å². The first-order valence-corrected chi connectivity index (χ1v) is 15.8. The van der Waals surface area contributed by atoms with Crippen molar-refractivity contribution in [2.45, 2.75) is 52.4 Å². The van der Waals surface area contributed by atoms with Gasteiger partial charge in [-0.15, -0.1) is 0 Å². The Balaban J connectivity index is 1.31. The molecular weight excluding hydrogens is 642 g/mol. The number of ether oxygens (including phenoxy) is 5. The lowest BCUT2D eigenvalue weighted by Crippen LogP contribution is -2.46. The molecule has 1 unspecified atom stereocenters. The average molecular weight is 680 g/mol. The molecule has 5 rings (SSSR count). The number of alkyl carbamates (subject to hydrolysis) is 1. The number of hydrogen-bond donors (Lipinski definition) is 1. The molecule has 0 aliphatic rings. The van der Waals surface area contributed by atoms with Crippen LogP contribution in [0.15, 0.2) is 106 Å². The Morgan fingerprint density at radius 2 is 1.48 bits per heavy atom. The molecule has 0 fully saturated rings. The summed E-state index contributed by atoms with van der Waals surface area (Å²) in [6.45, 7) is 7.13. The molecule has 1 atom stereocenters. The lowest BCUT2D eigenvalue weighted by molar-refractivity contribution is -0.136. The second-order valence-electron chi connectivity index (χ2n) is 12.3. The fourth-order valence-corrected chi connectivity index (χ4v) is 4.87. The summed E-state index contributed by atoms with van der Waals surface area (Å²) in [6.07, 6.45) is -0.685. The summed E-state index contributed by atoms with van der Waals surface area (Å²) in [4.78, 5) is 51.3. The van der Waals surface area contributed by atoms with Gasteiger partial charge in [0.25, 0.3) is 0 Å². The van der Waals surface area contributed by atoms with E-state index in [4.69, 9.17) is 28.1 Å². The lowest BCUT2D eigenvalue weighted by atomic mass is 10.1. The maximum Gasteiger partial charge on any atom is 0.408 e. The minimum Gasteiger partial charge on any atom is -0.489 e. The van der Waals surface area contributed by atoms with Crippen molar-refractivity contribution < 1.29 is 42.5 Å². The molecule has 1 heterocycles. The number of hydrogen-bond acceptors (Lipinski definition) is 10. The van der Waals surface area contributed by atoms with Crippen LogP contribution in [0.3, 0.4) is 0 Å². The first-order valence-electron chi connectivity index (χ1n) is 15.8. The van der Waals surface area contributed by atoms with Crippen molar-refractivity contribution in [1.29, 1.82) is 0 Å². The fraction of sp³-hybridized carbons (Fsp3) is 0.231. The normalized spacial score (nSPS) is 11.7. The van der Waals surface area contributed by atoms with Gasteiger partial charge in [0.1, 0.15) is 46.8 Å². The maximum atomic E-state index is 13.5. The predicted octanol–water partition coefficient (Wildman–Crippen LogP) is 7.30. The standard InChI is InChI=1S/C39H37NO10/c1-24-35(48-29-17-13-27(14-18-29)36(42)45-5)34(41)31-20-19-30(22-33(31)47-24)49-37(43)32(40-38(44)50-39(2,3)4)21-25-11-15-28(16-12-25)46-23-26-9-7-6-8-10-26/h6-20,22,32H,21,23H2,1-5H3,(H,40,44). The summed E-state index contributed by atoms with van der Waals surface area (Å²) in [6, 6.07) is 26.3. The number of amides is 1. The molecule has 1 aromatic heterocycles. The first-order chi connectivity index (χ1) is 23.9. The van der Waals surface area contributed by atoms with Crippen LogP contribution in [0.1, 0.15) is 48.0 Å². The molecule has 5 aromatic rings. The van der Waals surface area contributed by atoms with Crippen LogP contribution >= 0.6 is 0 Å². The number of benzene rings is 4. The monoisotopic (exact) mass is 679 g/mol. The Morgan fingerprint density at radius 1 is 0.820 bits per heavy atom. The van der Waals surface area contributed by atoms with Crippen LogP contribution in [-0.2, 0) is 27.3 Å². The molecule has 50 heavy (non-hydrogen) atoms. The van der Waals surface area contributed by atoms with Crippen molar-refractivity contribution in [2.75, 3.05) is 7.11 Å². The molecule has 1 amide bonds. The molecule has 0 bridgehead atoms. The summed E-state index contributed by atoms with van der Waals surface area (Å²) in [5, 5.41) is 2.81. The van der Waals surface area contributed by atoms with E-state index in [1.54, 1.807) is 52.0 Å². The quantitative estimate of drug-likeness (QED) is 0.112. The third kappa shape index (κ3) is 9.28. The molecule has 0 spiro atoms. The van der Waals surface area contributed by atoms with Gasteiger partial charge >= 0.3 is 18.0 Å². The Kier molecular flexibility index (Phi) is 10.9. The van der Waals surface area contributed by atoms with Gasteiger partial charge in [-0.05, 0) is 87.4 Å². The van der Waals surface area contributed by atoms with Crippen molar-refractivity contribution >= 4 is 29.0 Å². The highest BCUT2D eigenvalue weighted by Crippen LogP contribution is 2.28. The van der Waals surface area contributed by atoms with E-state index in [0.717, 1.165) is 11.1 Å². The van der Waals surface area contributed by atoms with E-state index >= 15 is 0 Å². The molecule has 4 aromatic carbocycles. The number of aryl methyl sites for hydroxylation is 1. The number of methoxy groups -OCH3 is 1. The second-order valence-corrected chi connectivity index (χ2v) is 12.3. The second kappa shape index (κ2) is 15.4. The third-order valence-corrected chi connectivity index (χ3v) is 7.29. The SMILES string of the molecule is COC(=O)c1ccc(Oc2c(C)oc3cc(OC(=O)C(Cc4ccc(OCc5ccccc5)cc4)NC(=O)OC(C)(C)C)ccc3c2=O)cc1. The van der Waals surface area contributed by atoms with Gasteiger partial charge in [0, 0.05) is 12.5 Å². The summed E-state index contributed by atoms with van der Waals surface area (Å²) in [5.74, 6) is -0.0485. The Morgan fingerprint density at radius 3 is 2.14 bits per heavy atom. The predicted molar refractivity (Wildman–Crippen MR) is 185 cm³/mol. The highest BCUT2D eigenvalue weighted by atomic mass is 16.6. The van der Waals surface area contributed by atoms with E-state index in [-0.39, 0.29) is 34.6 Å². The van der Waals surface area contributed by atoms with Gasteiger partial charge in [-0.1, -0.05) is 42.5 Å². The number of nitrogens with one attached hydrogen (secondary N) is 1. The van der Waals surface area contributed by atoms with Gasteiger partial charge in [-0.2, -0.15) is 0 Å². The first kappa shape index (κ1) is 35.2. The molecule has 11 nitrogen and oxygen atoms in total. The van der Waals surface area contributed by atoms with Crippen molar-refractivity contribution in [2.24, 2.45) is 0 Å². The van der Waals surface area contributed by atoms with Crippen LogP contribution in [0, 0.1) is 6.92 Å². The van der Waals surface area contributed by atoms with E-state index in [1.165, 1.54) is 49.6 Å². The van der Waals surface area contributed by atoms with Crippen molar-refractivity contribution in [1.82, 2.24) is 5.32 Å². The minimum atomic E-state index is -1.12. The van der Waals surface area contributed by atoms with E-state index in [9.17, 15) is 19.2 Å². The maximum absolute atomic E-state index is 13.5. The number of fused-ring (bicyclic) bond motifs is 1. The zero-order valence-electron chi connectivity index (χ0n) is 28.3. The highest BCUT2D eigenvalue weighted by molar-refractivity contribution is 5.89. The molecule has 11 heteroatoms. The highest BCUT2D eigenvalue weighted by Gasteiger charge is 2.27. The Labute approximate surface area is 288 Å². The smallest absolute Gasteiger partial charge is 0.408 e. The van der Waals surface area contributed by atoms with Gasteiger partial charge in [-0.25, -0.2) is 14.4 Å². The van der Waals surface area contributed by atoms with E-state index in [2.05, 4.69) is 5.32 Å². The summed E-state index contributed by atoms with van der Waals surface area (Å²) >= 11 is 0. The van der Waals surface area contributed by atoms with Crippen LogP contribution in [0.2, 0.25) is 0 Å². The van der Waals surface area contributed by atoms with Crippen molar-refractivity contribution in [3.63, 3.8) is 0 Å². The molecule has 0 saturated carbocycles. The van der Waals surface area contributed by atoms with Crippen LogP contribution < -0.4 is 25.0 Å². The molecule has 1 N–H and O–H groups in total. The molecule has 258 valence electrons. The van der Waals surface area contributed by atoms with Crippen LogP contribution in [0.25, 0.3) is 11.0 Å². The fourth-order valence-electron chi connectivity index (χ4n) is 4.87.